The summed E-state index contributed by atoms with van der Waals surface area (Å²) >= 11 is 3.36. The second-order valence-electron chi connectivity index (χ2n) is 7.84. The average molecular weight is 569 g/mol. The number of fused-ring (bicyclic) bond motifs is 1. The highest BCUT2D eigenvalue weighted by atomic mass is 79.9. The van der Waals surface area contributed by atoms with Crippen LogP contribution in [-0.4, -0.2) is 27.4 Å². The van der Waals surface area contributed by atoms with E-state index in [1.807, 2.05) is 6.92 Å². The van der Waals surface area contributed by atoms with Crippen LogP contribution in [0.2, 0.25) is 0 Å². The first-order valence-corrected chi connectivity index (χ1v) is 12.2. The molecule has 0 spiro atoms. The third kappa shape index (κ3) is 5.67. The number of nitro groups is 1. The van der Waals surface area contributed by atoms with Crippen LogP contribution in [0.5, 0.6) is 11.5 Å². The number of halogens is 2. The molecule has 4 aromatic rings. The van der Waals surface area contributed by atoms with Gasteiger partial charge >= 0.3 is 5.69 Å². The molecule has 0 aliphatic carbocycles. The summed E-state index contributed by atoms with van der Waals surface area (Å²) in [5.74, 6) is -0.0884. The number of benzene rings is 3. The maximum absolute atomic E-state index is 14.0. The van der Waals surface area contributed by atoms with E-state index in [1.165, 1.54) is 35.2 Å². The van der Waals surface area contributed by atoms with Crippen LogP contribution in [0.15, 0.2) is 69.0 Å². The number of ether oxygens (including phenoxy) is 2. The Morgan fingerprint density at radius 2 is 1.95 bits per heavy atom. The minimum Gasteiger partial charge on any atom is -0.490 e. The molecule has 0 bridgehead atoms. The van der Waals surface area contributed by atoms with E-state index in [1.54, 1.807) is 37.3 Å². The Morgan fingerprint density at radius 3 is 2.65 bits per heavy atom. The number of aryl methyl sites for hydroxylation is 1. The monoisotopic (exact) mass is 568 g/mol. The van der Waals surface area contributed by atoms with E-state index in [0.29, 0.717) is 28.7 Å². The lowest BCUT2D eigenvalue weighted by atomic mass is 10.1. The van der Waals surface area contributed by atoms with Gasteiger partial charge in [-0.05, 0) is 37.3 Å². The van der Waals surface area contributed by atoms with Crippen LogP contribution in [0.3, 0.4) is 0 Å². The number of hydrogen-bond donors (Lipinski definition) is 0. The fourth-order valence-electron chi connectivity index (χ4n) is 3.66. The van der Waals surface area contributed by atoms with Gasteiger partial charge in [0, 0.05) is 28.1 Å². The molecular formula is C26H22BrFN4O5. The molecule has 0 unspecified atom stereocenters. The van der Waals surface area contributed by atoms with Gasteiger partial charge < -0.3 is 9.47 Å². The van der Waals surface area contributed by atoms with Crippen molar-refractivity contribution in [2.75, 3.05) is 6.61 Å². The lowest BCUT2D eigenvalue weighted by Gasteiger charge is -2.13. The number of nitro benzene ring substituents is 1. The first kappa shape index (κ1) is 26.0. The summed E-state index contributed by atoms with van der Waals surface area (Å²) in [6.45, 7) is 3.54. The zero-order chi connectivity index (χ0) is 26.5. The standard InChI is InChI=1S/C26H22BrFN4O5/c1-3-24-30-21-10-9-18(27)13-19(21)26(33)31(24)29-14-16-11-22(32(34)35)25(23(12-16)36-4-2)37-15-17-7-5-6-8-20(17)28/h5-14H,3-4,15H2,1-2H3. The van der Waals surface area contributed by atoms with Gasteiger partial charge in [0.25, 0.3) is 5.56 Å². The fourth-order valence-corrected chi connectivity index (χ4v) is 4.02. The molecule has 9 nitrogen and oxygen atoms in total. The third-order valence-corrected chi connectivity index (χ3v) is 5.89. The lowest BCUT2D eigenvalue weighted by Crippen LogP contribution is -2.22. The molecule has 0 fully saturated rings. The van der Waals surface area contributed by atoms with Crippen molar-refractivity contribution in [3.05, 3.63) is 102 Å². The van der Waals surface area contributed by atoms with Gasteiger partial charge in [0.1, 0.15) is 18.2 Å². The van der Waals surface area contributed by atoms with E-state index in [-0.39, 0.29) is 41.5 Å². The number of rotatable bonds is 9. The van der Waals surface area contributed by atoms with Crippen LogP contribution in [0.25, 0.3) is 10.9 Å². The van der Waals surface area contributed by atoms with Gasteiger partial charge in [0.05, 0.1) is 28.6 Å². The normalized spacial score (nSPS) is 11.2. The first-order valence-electron chi connectivity index (χ1n) is 11.4. The summed E-state index contributed by atoms with van der Waals surface area (Å²) in [5, 5.41) is 16.6. The Balaban J connectivity index is 1.76. The van der Waals surface area contributed by atoms with Gasteiger partial charge in [-0.2, -0.15) is 9.78 Å². The highest BCUT2D eigenvalue weighted by molar-refractivity contribution is 9.10. The third-order valence-electron chi connectivity index (χ3n) is 5.40. The summed E-state index contributed by atoms with van der Waals surface area (Å²) in [6, 6.07) is 14.0. The first-order chi connectivity index (χ1) is 17.8. The van der Waals surface area contributed by atoms with Crippen LogP contribution in [0.4, 0.5) is 10.1 Å². The minimum absolute atomic E-state index is 0.0955. The van der Waals surface area contributed by atoms with Crippen molar-refractivity contribution in [2.45, 2.75) is 26.9 Å². The smallest absolute Gasteiger partial charge is 0.315 e. The maximum atomic E-state index is 14.0. The molecule has 190 valence electrons. The van der Waals surface area contributed by atoms with Crippen LogP contribution >= 0.6 is 15.9 Å². The molecule has 0 atom stereocenters. The van der Waals surface area contributed by atoms with Gasteiger partial charge in [-0.25, -0.2) is 9.37 Å². The van der Waals surface area contributed by atoms with Crippen molar-refractivity contribution in [1.82, 2.24) is 9.66 Å². The van der Waals surface area contributed by atoms with E-state index >= 15 is 0 Å². The van der Waals surface area contributed by atoms with Crippen molar-refractivity contribution in [2.24, 2.45) is 5.10 Å². The van der Waals surface area contributed by atoms with Crippen LogP contribution < -0.4 is 15.0 Å². The topological polar surface area (TPSA) is 109 Å². The van der Waals surface area contributed by atoms with Crippen molar-refractivity contribution in [3.63, 3.8) is 0 Å². The van der Waals surface area contributed by atoms with Gasteiger partial charge in [0.2, 0.25) is 5.75 Å². The van der Waals surface area contributed by atoms with E-state index in [0.717, 1.165) is 4.47 Å². The summed E-state index contributed by atoms with van der Waals surface area (Å²) in [4.78, 5) is 28.9. The second kappa shape index (κ2) is 11.3. The molecule has 1 aromatic heterocycles. The second-order valence-corrected chi connectivity index (χ2v) is 8.76. The van der Waals surface area contributed by atoms with Crippen LogP contribution in [-0.2, 0) is 13.0 Å². The zero-order valence-corrected chi connectivity index (χ0v) is 21.6. The Kier molecular flexibility index (Phi) is 7.92. The van der Waals surface area contributed by atoms with Gasteiger partial charge in [-0.1, -0.05) is 41.1 Å². The molecule has 0 saturated carbocycles. The van der Waals surface area contributed by atoms with Crippen molar-refractivity contribution in [1.29, 1.82) is 0 Å². The van der Waals surface area contributed by atoms with Gasteiger partial charge in [-0.15, -0.1) is 0 Å². The van der Waals surface area contributed by atoms with Crippen molar-refractivity contribution < 1.29 is 18.8 Å². The minimum atomic E-state index is -0.616. The van der Waals surface area contributed by atoms with E-state index in [4.69, 9.17) is 9.47 Å². The molecule has 1 heterocycles. The number of aromatic nitrogens is 2. The molecule has 0 amide bonds. The van der Waals surface area contributed by atoms with E-state index < -0.39 is 10.7 Å². The van der Waals surface area contributed by atoms with Gasteiger partial charge in [0.15, 0.2) is 5.75 Å². The largest absolute Gasteiger partial charge is 0.490 e. The summed E-state index contributed by atoms with van der Waals surface area (Å²) in [7, 11) is 0. The zero-order valence-electron chi connectivity index (χ0n) is 20.0. The Bertz CT molecular complexity index is 1570. The van der Waals surface area contributed by atoms with Crippen LogP contribution in [0, 0.1) is 15.9 Å². The van der Waals surface area contributed by atoms with Crippen molar-refractivity contribution >= 4 is 38.7 Å². The summed E-state index contributed by atoms with van der Waals surface area (Å²) in [5.41, 5.74) is 0.335. The van der Waals surface area contributed by atoms with E-state index in [9.17, 15) is 19.3 Å². The average Bonchev–Trinajstić information content (AvgIpc) is 2.88. The Hall–Kier alpha value is -4.12. The number of nitrogens with zero attached hydrogens (tertiary/aromatic N) is 4. The maximum Gasteiger partial charge on any atom is 0.315 e. The molecule has 3 aromatic carbocycles. The summed E-state index contributed by atoms with van der Waals surface area (Å²) < 4.78 is 27.2. The lowest BCUT2D eigenvalue weighted by molar-refractivity contribution is -0.386. The summed E-state index contributed by atoms with van der Waals surface area (Å²) in [6.07, 6.45) is 1.76. The number of hydrogen-bond acceptors (Lipinski definition) is 7. The molecule has 0 aliphatic heterocycles. The Labute approximate surface area is 219 Å². The van der Waals surface area contributed by atoms with E-state index in [2.05, 4.69) is 26.0 Å². The molecule has 0 saturated heterocycles. The fraction of sp³-hybridized carbons (Fsp3) is 0.192. The molecule has 4 rings (SSSR count). The molecule has 11 heteroatoms. The predicted molar refractivity (Wildman–Crippen MR) is 141 cm³/mol. The predicted octanol–water partition coefficient (Wildman–Crippen LogP) is 5.63. The van der Waals surface area contributed by atoms with Crippen molar-refractivity contribution in [3.8, 4) is 11.5 Å². The highest BCUT2D eigenvalue weighted by Gasteiger charge is 2.23. The highest BCUT2D eigenvalue weighted by Crippen LogP contribution is 2.39. The molecule has 0 N–H and O–H groups in total. The molecular weight excluding hydrogens is 547 g/mol. The molecule has 0 radical (unpaired) electrons. The SMILES string of the molecule is CCOc1cc(C=Nn2c(CC)nc3ccc(Br)cc3c2=O)cc([N+](=O)[O-])c1OCc1ccccc1F. The van der Waals surface area contributed by atoms with Crippen LogP contribution in [0.1, 0.15) is 30.8 Å². The quantitative estimate of drug-likeness (QED) is 0.147. The molecule has 0 aliphatic rings. The Morgan fingerprint density at radius 1 is 1.16 bits per heavy atom. The van der Waals surface area contributed by atoms with Gasteiger partial charge in [-0.3, -0.25) is 14.9 Å². The molecule has 37 heavy (non-hydrogen) atoms.